The maximum absolute atomic E-state index is 13.3. The van der Waals surface area contributed by atoms with Crippen molar-refractivity contribution in [1.82, 2.24) is 124 Å². The summed E-state index contributed by atoms with van der Waals surface area (Å²) in [5.41, 5.74) is 9.34. The van der Waals surface area contributed by atoms with E-state index in [1.807, 2.05) is 4.57 Å². The highest BCUT2D eigenvalue weighted by Crippen LogP contribution is 2.32. The van der Waals surface area contributed by atoms with Crippen molar-refractivity contribution in [3.8, 4) is 0 Å². The zero-order valence-electron chi connectivity index (χ0n) is 50.3. The highest BCUT2D eigenvalue weighted by Gasteiger charge is 2.25. The fraction of sp³-hybridized carbons (Fsp3) is 0.400. The van der Waals surface area contributed by atoms with E-state index in [1.165, 1.54) is 25.3 Å². The van der Waals surface area contributed by atoms with E-state index in [9.17, 15) is 26.3 Å². The van der Waals surface area contributed by atoms with Gasteiger partial charge in [0.25, 0.3) is 0 Å². The predicted octanol–water partition coefficient (Wildman–Crippen LogP) is 4.83. The molecule has 504 valence electrons. The third-order valence-corrected chi connectivity index (χ3v) is 14.9. The molecule has 4 saturated heterocycles. The van der Waals surface area contributed by atoms with Crippen molar-refractivity contribution in [3.05, 3.63) is 100 Å². The lowest BCUT2D eigenvalue weighted by atomic mass is 10.2. The molecule has 0 bridgehead atoms. The summed E-state index contributed by atoms with van der Waals surface area (Å²) < 4.78 is 113. The second kappa shape index (κ2) is 33.6. The van der Waals surface area contributed by atoms with Crippen LogP contribution in [0.4, 0.5) is 32.2 Å². The highest BCUT2D eigenvalue weighted by atomic mass is 35.5. The third-order valence-electron chi connectivity index (χ3n) is 13.8. The van der Waals surface area contributed by atoms with E-state index in [-0.39, 0.29) is 102 Å². The van der Waals surface area contributed by atoms with E-state index in [0.717, 1.165) is 83.7 Å². The predicted molar refractivity (Wildman–Crippen MR) is 326 cm³/mol. The third kappa shape index (κ3) is 17.2. The molecule has 16 rings (SSSR count). The number of ether oxygens (including phenoxy) is 4. The molecule has 16 heterocycles. The molecule has 12 aromatic rings. The molecule has 4 aliphatic rings. The molecule has 4 aliphatic heterocycles. The van der Waals surface area contributed by atoms with Crippen molar-refractivity contribution < 1.29 is 56.1 Å². The largest absolute Gasteiger partial charge is 1.00 e. The Hall–Kier alpha value is -7.78. The van der Waals surface area contributed by atoms with Gasteiger partial charge in [-0.2, -0.15) is 86.0 Å². The Morgan fingerprint density at radius 3 is 1.19 bits per heavy atom. The normalized spacial score (nSPS) is 17.7. The number of nitrogens with one attached hydrogen (secondary N) is 2. The molecule has 44 heteroatoms. The number of fused-ring (bicyclic) bond motifs is 6. The first-order valence-electron chi connectivity index (χ1n) is 28.0. The summed E-state index contributed by atoms with van der Waals surface area (Å²) in [5.74, 6) is -1.81. The number of hydrogen-bond donors (Lipinski definition) is 4. The van der Waals surface area contributed by atoms with E-state index in [2.05, 4.69) is 99.7 Å². The minimum absolute atomic E-state index is 0. The zero-order valence-corrected chi connectivity index (χ0v) is 53.3. The SMILES string of the molecule is Clc1nc(Cl)c2[nH]cnc2n1.Clc1nc(Cl)c2ncn(C3CCCCO3)c2n1.Fc1nc(Cl)c2ncn(C3CCCCO3)c2n1.Fc1nc(F)c2ncn(C3CCCCO3)c2n1.Fc1nc(F)c2ncn(C3CCCCO3)c2n1.N.Nc1nc(F)nc2nc[nH]c12.[2H]P.[F-].[F-].[H+]. The molecule has 0 spiro atoms. The van der Waals surface area contributed by atoms with Crippen LogP contribution in [0.2, 0.25) is 26.0 Å². The lowest BCUT2D eigenvalue weighted by Crippen LogP contribution is -3.00. The quantitative estimate of drug-likeness (QED) is 0.0793. The summed E-state index contributed by atoms with van der Waals surface area (Å²) in [6, 6.07) is 0. The van der Waals surface area contributed by atoms with Crippen LogP contribution >= 0.6 is 67.8 Å². The van der Waals surface area contributed by atoms with Crippen LogP contribution in [-0.2, 0) is 18.9 Å². The molecular weight excluding hydrogens is 1390 g/mol. The summed E-state index contributed by atoms with van der Waals surface area (Å²) >= 11 is 28.8. The molecule has 12 aromatic heterocycles. The molecule has 0 aromatic carbocycles. The zero-order chi connectivity index (χ0) is 65.0. The minimum Gasteiger partial charge on any atom is -1.00 e. The number of aromatic nitrogens is 24. The molecule has 0 amide bonds. The van der Waals surface area contributed by atoms with Crippen LogP contribution in [0.15, 0.2) is 38.0 Å². The topological polar surface area (TPSA) is 381 Å². The van der Waals surface area contributed by atoms with Crippen molar-refractivity contribution in [2.75, 3.05) is 32.2 Å². The summed E-state index contributed by atoms with van der Waals surface area (Å²) in [5, 5.41) is 0.823. The lowest BCUT2D eigenvalue weighted by Gasteiger charge is -2.23. The highest BCUT2D eigenvalue weighted by molar-refractivity contribution is 6.92. The van der Waals surface area contributed by atoms with Gasteiger partial charge in [-0.15, -0.1) is 0 Å². The second-order valence-corrected chi connectivity index (χ2v) is 21.3. The Morgan fingerprint density at radius 2 is 0.766 bits per heavy atom. The second-order valence-electron chi connectivity index (χ2n) is 19.6. The molecule has 5 atom stereocenters. The van der Waals surface area contributed by atoms with E-state index >= 15 is 0 Å². The average molecular weight is 1440 g/mol. The van der Waals surface area contributed by atoms with Crippen LogP contribution in [0.3, 0.4) is 0 Å². The van der Waals surface area contributed by atoms with Gasteiger partial charge in [-0.25, -0.2) is 39.9 Å². The molecule has 0 saturated carbocycles. The van der Waals surface area contributed by atoms with Crippen LogP contribution < -0.4 is 21.3 Å². The number of hydrogen-bond acceptors (Lipinski definition) is 24. The number of nitrogens with two attached hydrogens (primary N) is 1. The van der Waals surface area contributed by atoms with Gasteiger partial charge in [-0.1, -0.05) is 34.8 Å². The number of anilines is 1. The smallest absolute Gasteiger partial charge is 1.00 e. The maximum Gasteiger partial charge on any atom is 1.00 e. The van der Waals surface area contributed by atoms with Crippen LogP contribution in [0, 0.1) is 36.2 Å². The fourth-order valence-electron chi connectivity index (χ4n) is 9.65. The van der Waals surface area contributed by atoms with Gasteiger partial charge in [0.2, 0.25) is 22.5 Å². The first-order valence-corrected chi connectivity index (χ1v) is 29.3. The monoisotopic (exact) mass is 1440 g/mol. The van der Waals surface area contributed by atoms with Crippen LogP contribution in [0.5, 0.6) is 0 Å². The molecule has 0 aliphatic carbocycles. The van der Waals surface area contributed by atoms with Crippen molar-refractivity contribution in [1.29, 1.82) is 1.28 Å². The first-order chi connectivity index (χ1) is 44.6. The van der Waals surface area contributed by atoms with Gasteiger partial charge in [0.05, 0.1) is 39.2 Å². The summed E-state index contributed by atoms with van der Waals surface area (Å²) in [6.07, 6.45) is 16.2. The Balaban J connectivity index is 0.000000181. The van der Waals surface area contributed by atoms with Gasteiger partial charge < -0.3 is 50.2 Å². The maximum atomic E-state index is 13.3. The molecule has 0 radical (unpaired) electrons. The lowest BCUT2D eigenvalue weighted by molar-refractivity contribution is -0.0300. The van der Waals surface area contributed by atoms with Gasteiger partial charge in [-0.3, -0.25) is 18.3 Å². The Kier molecular flexibility index (Phi) is 25.7. The van der Waals surface area contributed by atoms with Gasteiger partial charge >= 0.3 is 25.7 Å². The van der Waals surface area contributed by atoms with Crippen molar-refractivity contribution >= 4 is 141 Å². The molecule has 30 nitrogen and oxygen atoms in total. The summed E-state index contributed by atoms with van der Waals surface area (Å²) in [6.45, 7) is 2.74. The van der Waals surface area contributed by atoms with Crippen molar-refractivity contribution in [3.63, 3.8) is 0 Å². The number of imidazole rings is 6. The van der Waals surface area contributed by atoms with E-state index in [4.69, 9.17) is 84.0 Å². The van der Waals surface area contributed by atoms with Gasteiger partial charge in [0.1, 0.15) is 47.0 Å². The fourth-order valence-corrected chi connectivity index (χ4v) is 10.7. The number of H-pyrrole nitrogens is 2. The molecule has 94 heavy (non-hydrogen) atoms. The molecular formula is C50H53Cl5F8N26O4P-. The Bertz CT molecular complexity index is 3990. The van der Waals surface area contributed by atoms with Gasteiger partial charge in [-0.05, 0) is 100 Å². The van der Waals surface area contributed by atoms with E-state index in [1.54, 1.807) is 36.2 Å². The average Bonchev–Trinajstić information content (AvgIpc) is 1.65. The van der Waals surface area contributed by atoms with Crippen LogP contribution in [0.1, 0.15) is 103 Å². The standard InChI is InChI=1S/C10H10Cl2N4O.C10H10ClFN4O.2C10H10F2N4O.C5H2Cl2N4.C5H4FN5.2FH.H3N.H3P/c4*11-8-7-9(15-10(12)14-8)16(5-13-7)6-3-1-2-4-17-6;6-3-2-4(9-1-8-2)11-5(7)10-3;6-5-10-3(7)2-4(11-5)9-1-8-2;;;;/h4*5-6H,1-4H2;1H,(H,8,9,10,11);1H,(H3,7,8,9,10,11);2*1H;2*1H3/p-1/i;;;;;;;;;1D. The number of halogens is 13. The number of nitrogen functional groups attached to an aromatic ring is 1. The first kappa shape index (κ1) is 72.1. The number of aromatic amines is 2. The molecule has 7 N–H and O–H groups in total. The number of nitrogens with zero attached hydrogens (tertiary/aromatic N) is 22. The van der Waals surface area contributed by atoms with E-state index < -0.39 is 36.2 Å². The minimum atomic E-state index is -1.09. The molecule has 4 fully saturated rings. The summed E-state index contributed by atoms with van der Waals surface area (Å²) in [7, 11) is 1.67. The van der Waals surface area contributed by atoms with Crippen molar-refractivity contribution in [2.45, 2.75) is 102 Å². The molecule has 5 unspecified atom stereocenters. The number of rotatable bonds is 4. The van der Waals surface area contributed by atoms with E-state index in [0.29, 0.717) is 58.8 Å². The van der Waals surface area contributed by atoms with Gasteiger partial charge in [0.15, 0.2) is 66.2 Å². The van der Waals surface area contributed by atoms with Crippen LogP contribution in [0.25, 0.3) is 67.0 Å². The Labute approximate surface area is 554 Å². The van der Waals surface area contributed by atoms with Gasteiger partial charge in [0, 0.05) is 26.4 Å². The van der Waals surface area contributed by atoms with Crippen LogP contribution in [-0.4, -0.2) is 146 Å². The van der Waals surface area contributed by atoms with Crippen molar-refractivity contribution in [2.24, 2.45) is 0 Å². The Morgan fingerprint density at radius 1 is 0.426 bits per heavy atom. The summed E-state index contributed by atoms with van der Waals surface area (Å²) in [4.78, 5) is 71.6.